The van der Waals surface area contributed by atoms with Crippen molar-refractivity contribution in [3.05, 3.63) is 143 Å². The Morgan fingerprint density at radius 3 is 2.20 bits per heavy atom. The van der Waals surface area contributed by atoms with Crippen molar-refractivity contribution in [1.82, 2.24) is 14.8 Å². The molecular formula is C33H29N5O2S. The highest BCUT2D eigenvalue weighted by Crippen LogP contribution is 2.37. The molecule has 0 saturated carbocycles. The molecule has 0 fully saturated rings. The molecule has 1 aliphatic heterocycles. The van der Waals surface area contributed by atoms with Crippen LogP contribution in [-0.4, -0.2) is 20.7 Å². The van der Waals surface area contributed by atoms with Crippen molar-refractivity contribution in [1.29, 1.82) is 0 Å². The Morgan fingerprint density at radius 2 is 1.51 bits per heavy atom. The molecule has 8 heteroatoms. The summed E-state index contributed by atoms with van der Waals surface area (Å²) in [6.07, 6.45) is 0. The average Bonchev–Trinajstić information content (AvgIpc) is 3.42. The number of nitrogens with one attached hydrogen (secondary N) is 2. The van der Waals surface area contributed by atoms with E-state index in [9.17, 15) is 4.79 Å². The molecule has 0 radical (unpaired) electrons. The van der Waals surface area contributed by atoms with E-state index in [0.29, 0.717) is 23.3 Å². The molecule has 2 heterocycles. The number of amides is 1. The van der Waals surface area contributed by atoms with Gasteiger partial charge < -0.3 is 15.4 Å². The number of allylic oxidation sites excluding steroid dienone is 1. The maximum absolute atomic E-state index is 13.7. The Bertz CT molecular complexity index is 1650. The van der Waals surface area contributed by atoms with Gasteiger partial charge >= 0.3 is 0 Å². The summed E-state index contributed by atoms with van der Waals surface area (Å²) in [5.41, 5.74) is 5.22. The molecule has 0 bridgehead atoms. The predicted octanol–water partition coefficient (Wildman–Crippen LogP) is 7.08. The fourth-order valence-corrected chi connectivity index (χ4v) is 5.51. The smallest absolute Gasteiger partial charge is 0.255 e. The van der Waals surface area contributed by atoms with Gasteiger partial charge in [-0.3, -0.25) is 4.79 Å². The number of para-hydroxylation sites is 1. The van der Waals surface area contributed by atoms with Gasteiger partial charge in [-0.15, -0.1) is 5.10 Å². The number of benzene rings is 4. The first kappa shape index (κ1) is 26.4. The number of carbonyl (C=O) groups is 1. The first-order valence-corrected chi connectivity index (χ1v) is 14.4. The number of fused-ring (bicyclic) bond motifs is 1. The van der Waals surface area contributed by atoms with E-state index in [-0.39, 0.29) is 5.91 Å². The summed E-state index contributed by atoms with van der Waals surface area (Å²) >= 11 is 1.56. The van der Waals surface area contributed by atoms with Crippen LogP contribution < -0.4 is 15.4 Å². The second-order valence-corrected chi connectivity index (χ2v) is 10.6. The number of nitrogens with zero attached hydrogens (tertiary/aromatic N) is 3. The Labute approximate surface area is 243 Å². The summed E-state index contributed by atoms with van der Waals surface area (Å²) < 4.78 is 7.82. The average molecular weight is 560 g/mol. The lowest BCUT2D eigenvalue weighted by Crippen LogP contribution is -2.31. The standard InChI is InChI=1S/C33H29N5O2S/c1-23-29(31(39)35-27-15-9-4-10-16-27)30(26-17-19-28(20-18-26)40-21-24-11-5-2-6-12-24)38-32(34-23)36-33(37-38)41-22-25-13-7-3-8-14-25/h2-20,30H,21-22H2,1H3,(H,35,39)(H,34,36,37). The molecular weight excluding hydrogens is 530 g/mol. The van der Waals surface area contributed by atoms with Crippen LogP contribution in [0.5, 0.6) is 5.75 Å². The van der Waals surface area contributed by atoms with E-state index in [1.54, 1.807) is 16.4 Å². The van der Waals surface area contributed by atoms with Gasteiger partial charge in [0.15, 0.2) is 0 Å². The predicted molar refractivity (Wildman–Crippen MR) is 163 cm³/mol. The fraction of sp³-hybridized carbons (Fsp3) is 0.121. The summed E-state index contributed by atoms with van der Waals surface area (Å²) in [4.78, 5) is 18.5. The van der Waals surface area contributed by atoms with Crippen molar-refractivity contribution in [3.8, 4) is 5.75 Å². The minimum atomic E-state index is -0.475. The van der Waals surface area contributed by atoms with Crippen molar-refractivity contribution in [2.24, 2.45) is 0 Å². The van der Waals surface area contributed by atoms with Crippen LogP contribution in [-0.2, 0) is 17.2 Å². The molecule has 6 rings (SSSR count). The lowest BCUT2D eigenvalue weighted by Gasteiger charge is -2.28. The van der Waals surface area contributed by atoms with E-state index in [2.05, 4.69) is 22.8 Å². The third-order valence-electron chi connectivity index (χ3n) is 6.76. The first-order valence-electron chi connectivity index (χ1n) is 13.4. The quantitative estimate of drug-likeness (QED) is 0.188. The zero-order chi connectivity index (χ0) is 28.0. The maximum atomic E-state index is 13.7. The number of ether oxygens (including phenoxy) is 1. The minimum Gasteiger partial charge on any atom is -0.489 e. The highest BCUT2D eigenvalue weighted by molar-refractivity contribution is 7.98. The van der Waals surface area contributed by atoms with E-state index in [0.717, 1.165) is 34.0 Å². The SMILES string of the molecule is CC1=C(C(=O)Nc2ccccc2)C(c2ccc(OCc3ccccc3)cc2)n2nc(SCc3ccccc3)nc2N1. The van der Waals surface area contributed by atoms with Gasteiger partial charge in [0.05, 0.1) is 5.57 Å². The molecule has 1 atom stereocenters. The van der Waals surface area contributed by atoms with E-state index >= 15 is 0 Å². The monoisotopic (exact) mass is 559 g/mol. The van der Waals surface area contributed by atoms with Crippen molar-refractivity contribution in [3.63, 3.8) is 0 Å². The second-order valence-electron chi connectivity index (χ2n) is 9.67. The molecule has 2 N–H and O–H groups in total. The molecule has 0 saturated heterocycles. The molecule has 41 heavy (non-hydrogen) atoms. The maximum Gasteiger partial charge on any atom is 0.255 e. The summed E-state index contributed by atoms with van der Waals surface area (Å²) in [6, 6.07) is 37.1. The number of anilines is 2. The molecule has 7 nitrogen and oxygen atoms in total. The molecule has 1 aromatic heterocycles. The van der Waals surface area contributed by atoms with Crippen molar-refractivity contribution < 1.29 is 9.53 Å². The third-order valence-corrected chi connectivity index (χ3v) is 7.67. The zero-order valence-electron chi connectivity index (χ0n) is 22.5. The summed E-state index contributed by atoms with van der Waals surface area (Å²) in [7, 11) is 0. The Kier molecular flexibility index (Phi) is 7.82. The van der Waals surface area contributed by atoms with Crippen molar-refractivity contribution >= 4 is 29.3 Å². The summed E-state index contributed by atoms with van der Waals surface area (Å²) in [6.45, 7) is 2.38. The van der Waals surface area contributed by atoms with E-state index in [4.69, 9.17) is 14.8 Å². The normalized spacial score (nSPS) is 14.2. The van der Waals surface area contributed by atoms with Crippen LogP contribution in [0.3, 0.4) is 0 Å². The molecule has 204 valence electrons. The van der Waals surface area contributed by atoms with Gasteiger partial charge in [-0.2, -0.15) is 4.98 Å². The number of carbonyl (C=O) groups excluding carboxylic acids is 1. The number of thioether (sulfide) groups is 1. The zero-order valence-corrected chi connectivity index (χ0v) is 23.3. The molecule has 0 aliphatic carbocycles. The van der Waals surface area contributed by atoms with Crippen LogP contribution in [0.15, 0.2) is 132 Å². The number of hydrogen-bond acceptors (Lipinski definition) is 6. The van der Waals surface area contributed by atoms with Gasteiger partial charge in [-0.25, -0.2) is 4.68 Å². The van der Waals surface area contributed by atoms with E-state index in [1.165, 1.54) is 5.56 Å². The van der Waals surface area contributed by atoms with Gasteiger partial charge in [0, 0.05) is 17.1 Å². The van der Waals surface area contributed by atoms with Gasteiger partial charge in [-0.1, -0.05) is 103 Å². The highest BCUT2D eigenvalue weighted by Gasteiger charge is 2.34. The van der Waals surface area contributed by atoms with Crippen molar-refractivity contribution in [2.45, 2.75) is 30.5 Å². The van der Waals surface area contributed by atoms with Gasteiger partial charge in [0.1, 0.15) is 18.4 Å². The van der Waals surface area contributed by atoms with Crippen LogP contribution in [0.2, 0.25) is 0 Å². The Hall–Kier alpha value is -4.82. The largest absolute Gasteiger partial charge is 0.489 e. The molecule has 5 aromatic rings. The number of aromatic nitrogens is 3. The molecule has 1 aliphatic rings. The fourth-order valence-electron chi connectivity index (χ4n) is 4.72. The first-order chi connectivity index (χ1) is 20.1. The molecule has 1 amide bonds. The summed E-state index contributed by atoms with van der Waals surface area (Å²) in [5, 5.41) is 11.9. The molecule has 4 aromatic carbocycles. The van der Waals surface area contributed by atoms with Crippen LogP contribution >= 0.6 is 11.8 Å². The lowest BCUT2D eigenvalue weighted by atomic mass is 9.95. The van der Waals surface area contributed by atoms with Crippen LogP contribution in [0, 0.1) is 0 Å². The topological polar surface area (TPSA) is 81.1 Å². The number of rotatable bonds is 9. The van der Waals surface area contributed by atoms with E-state index < -0.39 is 6.04 Å². The van der Waals surface area contributed by atoms with Gasteiger partial charge in [0.25, 0.3) is 5.91 Å². The second kappa shape index (κ2) is 12.1. The lowest BCUT2D eigenvalue weighted by molar-refractivity contribution is -0.113. The van der Waals surface area contributed by atoms with Crippen LogP contribution in [0.25, 0.3) is 0 Å². The van der Waals surface area contributed by atoms with Gasteiger partial charge in [0.2, 0.25) is 11.1 Å². The Balaban J connectivity index is 1.29. The van der Waals surface area contributed by atoms with Crippen LogP contribution in [0.4, 0.5) is 11.6 Å². The summed E-state index contributed by atoms with van der Waals surface area (Å²) in [5.74, 6) is 1.90. The number of hydrogen-bond donors (Lipinski definition) is 2. The minimum absolute atomic E-state index is 0.199. The van der Waals surface area contributed by atoms with Gasteiger partial charge in [-0.05, 0) is 47.9 Å². The highest BCUT2D eigenvalue weighted by atomic mass is 32.2. The van der Waals surface area contributed by atoms with Crippen LogP contribution in [0.1, 0.15) is 29.7 Å². The molecule has 1 unspecified atom stereocenters. The molecule has 0 spiro atoms. The van der Waals surface area contributed by atoms with Crippen molar-refractivity contribution in [2.75, 3.05) is 10.6 Å². The Morgan fingerprint density at radius 1 is 0.878 bits per heavy atom. The van der Waals surface area contributed by atoms with E-state index in [1.807, 2.05) is 110 Å². The third kappa shape index (κ3) is 6.18.